The summed E-state index contributed by atoms with van der Waals surface area (Å²) in [5, 5.41) is 6.79. The van der Waals surface area contributed by atoms with E-state index in [1.54, 1.807) is 0 Å². The van der Waals surface area contributed by atoms with Gasteiger partial charge in [0.05, 0.1) is 5.70 Å². The molecule has 1 fully saturated rings. The van der Waals surface area contributed by atoms with E-state index in [9.17, 15) is 0 Å². The predicted octanol–water partition coefficient (Wildman–Crippen LogP) is 6.34. The van der Waals surface area contributed by atoms with Crippen molar-refractivity contribution in [1.29, 1.82) is 0 Å². The van der Waals surface area contributed by atoms with Crippen LogP contribution >= 0.6 is 0 Å². The van der Waals surface area contributed by atoms with Gasteiger partial charge in [-0.05, 0) is 57.4 Å². The van der Waals surface area contributed by atoms with Crippen molar-refractivity contribution in [2.45, 2.75) is 59.7 Å². The maximum atomic E-state index is 4.15. The lowest BCUT2D eigenvalue weighted by Gasteiger charge is -2.16. The van der Waals surface area contributed by atoms with Gasteiger partial charge >= 0.3 is 0 Å². The molecule has 0 spiro atoms. The summed E-state index contributed by atoms with van der Waals surface area (Å²) in [5.41, 5.74) is 6.08. The van der Waals surface area contributed by atoms with Crippen molar-refractivity contribution in [3.8, 4) is 0 Å². The zero-order chi connectivity index (χ0) is 20.5. The first-order chi connectivity index (χ1) is 13.5. The van der Waals surface area contributed by atoms with Crippen molar-refractivity contribution in [3.05, 3.63) is 90.0 Å². The van der Waals surface area contributed by atoms with Crippen LogP contribution in [0.2, 0.25) is 0 Å². The zero-order valence-corrected chi connectivity index (χ0v) is 18.0. The number of rotatable bonds is 9. The van der Waals surface area contributed by atoms with Gasteiger partial charge in [0.15, 0.2) is 0 Å². The number of nitrogens with zero attached hydrogens (tertiary/aromatic N) is 1. The lowest BCUT2D eigenvalue weighted by atomic mass is 9.98. The van der Waals surface area contributed by atoms with Crippen LogP contribution in [-0.2, 0) is 0 Å². The van der Waals surface area contributed by atoms with Crippen LogP contribution in [0.15, 0.2) is 90.0 Å². The van der Waals surface area contributed by atoms with Crippen molar-refractivity contribution < 1.29 is 0 Å². The highest BCUT2D eigenvalue weighted by atomic mass is 15.5. The molecule has 2 unspecified atom stereocenters. The van der Waals surface area contributed by atoms with Crippen molar-refractivity contribution in [2.24, 2.45) is 0 Å². The molecule has 3 rings (SSSR count). The van der Waals surface area contributed by atoms with Gasteiger partial charge < -0.3 is 10.2 Å². The van der Waals surface area contributed by atoms with E-state index in [1.165, 1.54) is 16.8 Å². The number of benzene rings is 1. The molecule has 0 bridgehead atoms. The van der Waals surface area contributed by atoms with Gasteiger partial charge in [-0.15, -0.1) is 0 Å². The number of hydrogen-bond acceptors (Lipinski definition) is 3. The Labute approximate surface area is 171 Å². The maximum absolute atomic E-state index is 4.15. The highest BCUT2D eigenvalue weighted by molar-refractivity contribution is 5.57. The third-order valence-corrected chi connectivity index (χ3v) is 4.79. The highest BCUT2D eigenvalue weighted by Gasteiger charge is 2.51. The molecule has 0 aliphatic carbocycles. The van der Waals surface area contributed by atoms with Crippen LogP contribution in [0.25, 0.3) is 0 Å². The summed E-state index contributed by atoms with van der Waals surface area (Å²) in [5.74, 6) is 0. The van der Waals surface area contributed by atoms with Crippen molar-refractivity contribution >= 4 is 5.69 Å². The molecule has 2 heterocycles. The molecule has 0 saturated carbocycles. The molecule has 3 nitrogen and oxygen atoms in total. The monoisotopic (exact) mass is 377 g/mol. The standard InChI is InChI=1S/C17H23N.C8H12N2/c1-5-11-15(6-2)17(7-3)14(4)18-16-12-9-8-10-13-16;1-3-4-6(2)9-8-7-5-10(7)8/h6-10,12-13,18H,4-5,11H2,1-3H3;3-6,8-9H,1-2H3/b15-6-,17-7-;4-3+. The Kier molecular flexibility index (Phi) is 8.34. The molecule has 1 aromatic carbocycles. The summed E-state index contributed by atoms with van der Waals surface area (Å²) >= 11 is 0. The van der Waals surface area contributed by atoms with Crippen LogP contribution in [0.1, 0.15) is 47.5 Å². The molecule has 0 aromatic heterocycles. The van der Waals surface area contributed by atoms with E-state index in [-0.39, 0.29) is 0 Å². The van der Waals surface area contributed by atoms with Gasteiger partial charge in [0, 0.05) is 23.6 Å². The third kappa shape index (κ3) is 6.28. The molecule has 0 amide bonds. The fraction of sp³-hybridized carbons (Fsp3) is 0.360. The molecule has 2 aliphatic rings. The van der Waals surface area contributed by atoms with Crippen molar-refractivity contribution in [3.63, 3.8) is 0 Å². The Morgan fingerprint density at radius 1 is 1.18 bits per heavy atom. The van der Waals surface area contributed by atoms with E-state index >= 15 is 0 Å². The molecule has 2 N–H and O–H groups in total. The van der Waals surface area contributed by atoms with Crippen LogP contribution < -0.4 is 10.6 Å². The van der Waals surface area contributed by atoms with Gasteiger partial charge in [-0.2, -0.15) is 0 Å². The fourth-order valence-corrected chi connectivity index (χ4v) is 3.18. The summed E-state index contributed by atoms with van der Waals surface area (Å²) in [6.45, 7) is 14.7. The smallest absolute Gasteiger partial charge is 0.127 e. The van der Waals surface area contributed by atoms with Gasteiger partial charge in [-0.3, -0.25) is 5.32 Å². The van der Waals surface area contributed by atoms with Crippen LogP contribution in [0.3, 0.4) is 0 Å². The largest absolute Gasteiger partial charge is 0.356 e. The number of hydrogen-bond donors (Lipinski definition) is 2. The number of para-hydroxylation sites is 1. The Hall–Kier alpha value is -2.52. The molecule has 3 heteroatoms. The lowest BCUT2D eigenvalue weighted by Crippen LogP contribution is -2.29. The van der Waals surface area contributed by atoms with Crippen LogP contribution in [0.5, 0.6) is 0 Å². The Morgan fingerprint density at radius 2 is 1.86 bits per heavy atom. The second-order valence-corrected chi connectivity index (χ2v) is 7.08. The first kappa shape index (κ1) is 21.8. The third-order valence-electron chi connectivity index (χ3n) is 4.79. The minimum absolute atomic E-state index is 0.503. The zero-order valence-electron chi connectivity index (χ0n) is 18.0. The normalized spacial score (nSPS) is 18.7. The first-order valence-corrected chi connectivity index (χ1v) is 10.3. The molecular formula is C25H35N3. The molecule has 28 heavy (non-hydrogen) atoms. The van der Waals surface area contributed by atoms with E-state index < -0.39 is 0 Å². The minimum Gasteiger partial charge on any atom is -0.356 e. The van der Waals surface area contributed by atoms with E-state index in [0.29, 0.717) is 12.2 Å². The molecule has 0 radical (unpaired) electrons. The molecule has 150 valence electrons. The summed E-state index contributed by atoms with van der Waals surface area (Å²) in [4.78, 5) is 2.24. The number of allylic oxidation sites excluding steroid dienone is 4. The molecular weight excluding hydrogens is 342 g/mol. The molecule has 2 atom stereocenters. The van der Waals surface area contributed by atoms with Gasteiger partial charge in [0.25, 0.3) is 0 Å². The maximum Gasteiger partial charge on any atom is 0.127 e. The predicted molar refractivity (Wildman–Crippen MR) is 123 cm³/mol. The topological polar surface area (TPSA) is 27.1 Å². The molecule has 1 saturated heterocycles. The minimum atomic E-state index is 0.503. The van der Waals surface area contributed by atoms with Crippen molar-refractivity contribution in [2.75, 3.05) is 5.32 Å². The summed E-state index contributed by atoms with van der Waals surface area (Å²) in [6.07, 6.45) is 13.5. The Bertz CT molecular complexity index is 768. The summed E-state index contributed by atoms with van der Waals surface area (Å²) in [6, 6.07) is 10.7. The summed E-state index contributed by atoms with van der Waals surface area (Å²) in [7, 11) is 0. The van der Waals surface area contributed by atoms with Gasteiger partial charge in [-0.1, -0.05) is 62.4 Å². The van der Waals surface area contributed by atoms with E-state index in [2.05, 4.69) is 80.3 Å². The Morgan fingerprint density at radius 3 is 2.32 bits per heavy atom. The second kappa shape index (κ2) is 10.7. The quantitative estimate of drug-likeness (QED) is 0.298. The number of anilines is 1. The van der Waals surface area contributed by atoms with Gasteiger partial charge in [-0.25, -0.2) is 0 Å². The highest BCUT2D eigenvalue weighted by Crippen LogP contribution is 2.45. The fourth-order valence-electron chi connectivity index (χ4n) is 3.18. The number of fused-ring (bicyclic) bond motifs is 1. The summed E-state index contributed by atoms with van der Waals surface area (Å²) < 4.78 is 0. The van der Waals surface area contributed by atoms with Crippen LogP contribution in [0.4, 0.5) is 5.69 Å². The van der Waals surface area contributed by atoms with E-state index in [0.717, 1.165) is 24.2 Å². The molecule has 1 aromatic rings. The van der Waals surface area contributed by atoms with Crippen LogP contribution in [-0.4, -0.2) is 17.1 Å². The van der Waals surface area contributed by atoms with Crippen molar-refractivity contribution in [1.82, 2.24) is 10.2 Å². The van der Waals surface area contributed by atoms with E-state index in [4.69, 9.17) is 0 Å². The lowest BCUT2D eigenvalue weighted by molar-refractivity contribution is 0.539. The van der Waals surface area contributed by atoms with Gasteiger partial charge in [0.1, 0.15) is 6.17 Å². The average Bonchev–Trinajstić information content (AvgIpc) is 3.60. The van der Waals surface area contributed by atoms with Gasteiger partial charge in [0.2, 0.25) is 0 Å². The first-order valence-electron chi connectivity index (χ1n) is 10.3. The molecule has 2 aliphatic heterocycles. The Balaban J connectivity index is 0.000000233. The second-order valence-electron chi connectivity index (χ2n) is 7.08. The SMILES string of the molecule is C/C=C/C(C)NC1C2=CN21.C=C(Nc1ccccc1)C(=C/C)/C(=C\C)CCC. The number of nitrogens with one attached hydrogen (secondary N) is 2. The average molecular weight is 378 g/mol. The van der Waals surface area contributed by atoms with E-state index in [1.807, 2.05) is 37.3 Å². The van der Waals surface area contributed by atoms with Crippen LogP contribution in [0, 0.1) is 0 Å².